The molecule has 11 heteroatoms. The number of hydrogen-bond acceptors (Lipinski definition) is 6. The van der Waals surface area contributed by atoms with Crippen molar-refractivity contribution >= 4 is 22.1 Å². The van der Waals surface area contributed by atoms with Crippen molar-refractivity contribution in [3.05, 3.63) is 65.6 Å². The van der Waals surface area contributed by atoms with Crippen LogP contribution in [0.3, 0.4) is 0 Å². The van der Waals surface area contributed by atoms with Crippen LogP contribution in [-0.2, 0) is 27.7 Å². The molecule has 0 radical (unpaired) electrons. The monoisotopic (exact) mass is 469 g/mol. The number of aliphatic hydroxyl groups is 1. The van der Waals surface area contributed by atoms with Crippen molar-refractivity contribution in [3.8, 4) is 28.5 Å². The Morgan fingerprint density at radius 1 is 0.971 bits per heavy atom. The second-order valence-electron chi connectivity index (χ2n) is 8.53. The lowest BCUT2D eigenvalue weighted by Gasteiger charge is -2.10. The lowest BCUT2D eigenvalue weighted by Crippen LogP contribution is -2.19. The molecule has 176 valence electrons. The van der Waals surface area contributed by atoms with Gasteiger partial charge in [-0.2, -0.15) is 0 Å². The van der Waals surface area contributed by atoms with Crippen molar-refractivity contribution in [1.29, 1.82) is 0 Å². The molecule has 0 aliphatic heterocycles. The van der Waals surface area contributed by atoms with Crippen LogP contribution in [0.1, 0.15) is 0 Å². The Labute approximate surface area is 199 Å². The maximum Gasteiger partial charge on any atom is 0.328 e. The van der Waals surface area contributed by atoms with Crippen LogP contribution in [0, 0.1) is 0 Å². The van der Waals surface area contributed by atoms with Crippen LogP contribution in [0.5, 0.6) is 0 Å². The standard InChI is InChI=1S/C24H23N9O2/c1-29-14-25-12-22(29)23-26-17-10-15(18-13-32(8-9-34)28-27-18)4-6-19(17)33(23)16-5-7-20-21(11-16)31(3)24(35)30(20)2/h4-7,10-14,34H,8-9H2,1-3H3. The molecule has 6 aromatic rings. The molecule has 11 nitrogen and oxygen atoms in total. The summed E-state index contributed by atoms with van der Waals surface area (Å²) in [6.07, 6.45) is 5.34. The Bertz CT molecular complexity index is 1780. The zero-order valence-corrected chi connectivity index (χ0v) is 19.5. The normalized spacial score (nSPS) is 11.8. The van der Waals surface area contributed by atoms with Crippen molar-refractivity contribution in [1.82, 2.24) is 43.2 Å². The molecule has 0 aliphatic rings. The second-order valence-corrected chi connectivity index (χ2v) is 8.53. The van der Waals surface area contributed by atoms with Gasteiger partial charge < -0.3 is 9.67 Å². The van der Waals surface area contributed by atoms with Crippen molar-refractivity contribution in [2.75, 3.05) is 6.61 Å². The Balaban J connectivity index is 1.58. The minimum absolute atomic E-state index is 0.00232. The third-order valence-corrected chi connectivity index (χ3v) is 6.38. The average Bonchev–Trinajstić information content (AvgIpc) is 3.63. The van der Waals surface area contributed by atoms with Crippen LogP contribution in [-0.4, -0.2) is 54.9 Å². The number of rotatable bonds is 5. The molecule has 6 rings (SSSR count). The molecule has 0 fully saturated rings. The highest BCUT2D eigenvalue weighted by molar-refractivity contribution is 5.88. The van der Waals surface area contributed by atoms with Gasteiger partial charge in [-0.05, 0) is 30.3 Å². The molecule has 0 spiro atoms. The third kappa shape index (κ3) is 3.20. The molecule has 2 aromatic carbocycles. The fourth-order valence-electron chi connectivity index (χ4n) is 4.52. The number of aryl methyl sites for hydroxylation is 3. The van der Waals surface area contributed by atoms with E-state index in [0.717, 1.165) is 44.8 Å². The molecule has 4 aromatic heterocycles. The molecule has 35 heavy (non-hydrogen) atoms. The van der Waals surface area contributed by atoms with Gasteiger partial charge in [0.25, 0.3) is 0 Å². The van der Waals surface area contributed by atoms with E-state index in [9.17, 15) is 4.79 Å². The maximum atomic E-state index is 12.5. The predicted molar refractivity (Wildman–Crippen MR) is 131 cm³/mol. The summed E-state index contributed by atoms with van der Waals surface area (Å²) in [7, 11) is 5.48. The summed E-state index contributed by atoms with van der Waals surface area (Å²) in [5.74, 6) is 0.737. The van der Waals surface area contributed by atoms with Crippen LogP contribution in [0.2, 0.25) is 0 Å². The van der Waals surface area contributed by atoms with Gasteiger partial charge in [0.1, 0.15) is 11.4 Å². The summed E-state index contributed by atoms with van der Waals surface area (Å²) >= 11 is 0. The lowest BCUT2D eigenvalue weighted by atomic mass is 10.1. The molecule has 1 N–H and O–H groups in total. The first-order chi connectivity index (χ1) is 17.0. The van der Waals surface area contributed by atoms with E-state index in [2.05, 4.69) is 19.9 Å². The number of nitrogens with zero attached hydrogens (tertiary/aromatic N) is 9. The number of aromatic nitrogens is 9. The van der Waals surface area contributed by atoms with E-state index in [1.165, 1.54) is 0 Å². The van der Waals surface area contributed by atoms with E-state index in [4.69, 9.17) is 10.1 Å². The Kier molecular flexibility index (Phi) is 4.68. The fraction of sp³-hybridized carbons (Fsp3) is 0.208. The van der Waals surface area contributed by atoms with Crippen LogP contribution < -0.4 is 5.69 Å². The minimum atomic E-state index is -0.0709. The summed E-state index contributed by atoms with van der Waals surface area (Å²) in [4.78, 5) is 21.7. The molecule has 0 atom stereocenters. The molecule has 0 unspecified atom stereocenters. The third-order valence-electron chi connectivity index (χ3n) is 6.38. The van der Waals surface area contributed by atoms with Gasteiger partial charge in [0.05, 0.1) is 53.9 Å². The molecule has 0 amide bonds. The predicted octanol–water partition coefficient (Wildman–Crippen LogP) is 1.87. The highest BCUT2D eigenvalue weighted by Crippen LogP contribution is 2.31. The first kappa shape index (κ1) is 21.1. The summed E-state index contributed by atoms with van der Waals surface area (Å²) in [5.41, 5.74) is 6.66. The van der Waals surface area contributed by atoms with Gasteiger partial charge in [-0.1, -0.05) is 11.3 Å². The number of hydrogen-bond donors (Lipinski definition) is 1. The summed E-state index contributed by atoms with van der Waals surface area (Å²) in [6.45, 7) is 0.386. The zero-order chi connectivity index (χ0) is 24.3. The van der Waals surface area contributed by atoms with E-state index < -0.39 is 0 Å². The van der Waals surface area contributed by atoms with E-state index in [1.54, 1.807) is 46.6 Å². The number of benzene rings is 2. The zero-order valence-electron chi connectivity index (χ0n) is 19.5. The van der Waals surface area contributed by atoms with Crippen molar-refractivity contribution < 1.29 is 5.11 Å². The Hall–Kier alpha value is -4.51. The molecule has 0 bridgehead atoms. The van der Waals surface area contributed by atoms with Crippen LogP contribution in [0.15, 0.2) is 59.9 Å². The maximum absolute atomic E-state index is 12.5. The Morgan fingerprint density at radius 2 is 1.77 bits per heavy atom. The van der Waals surface area contributed by atoms with Gasteiger partial charge in [0.2, 0.25) is 0 Å². The van der Waals surface area contributed by atoms with Gasteiger partial charge in [0.15, 0.2) is 5.82 Å². The molecule has 0 saturated carbocycles. The lowest BCUT2D eigenvalue weighted by molar-refractivity contribution is 0.268. The Morgan fingerprint density at radius 3 is 2.54 bits per heavy atom. The molecule has 0 aliphatic carbocycles. The summed E-state index contributed by atoms with van der Waals surface area (Å²) < 4.78 is 8.91. The van der Waals surface area contributed by atoms with E-state index in [1.807, 2.05) is 48.0 Å². The number of fused-ring (bicyclic) bond motifs is 2. The number of imidazole rings is 3. The first-order valence-electron chi connectivity index (χ1n) is 11.1. The van der Waals surface area contributed by atoms with Gasteiger partial charge in [-0.25, -0.2) is 19.4 Å². The molecule has 4 heterocycles. The minimum Gasteiger partial charge on any atom is -0.394 e. The fourth-order valence-corrected chi connectivity index (χ4v) is 4.52. The highest BCUT2D eigenvalue weighted by atomic mass is 16.3. The van der Waals surface area contributed by atoms with Crippen molar-refractivity contribution in [2.45, 2.75) is 6.54 Å². The second kappa shape index (κ2) is 7.77. The van der Waals surface area contributed by atoms with Gasteiger partial charge in [-0.15, -0.1) is 5.10 Å². The average molecular weight is 470 g/mol. The van der Waals surface area contributed by atoms with Crippen LogP contribution in [0.25, 0.3) is 50.5 Å². The summed E-state index contributed by atoms with van der Waals surface area (Å²) in [5, 5.41) is 17.5. The van der Waals surface area contributed by atoms with Crippen molar-refractivity contribution in [3.63, 3.8) is 0 Å². The highest BCUT2D eigenvalue weighted by Gasteiger charge is 2.19. The first-order valence-corrected chi connectivity index (χ1v) is 11.1. The van der Waals surface area contributed by atoms with Crippen LogP contribution >= 0.6 is 0 Å². The van der Waals surface area contributed by atoms with Crippen molar-refractivity contribution in [2.24, 2.45) is 21.1 Å². The topological polar surface area (TPSA) is 114 Å². The number of aliphatic hydroxyl groups excluding tert-OH is 1. The molecule has 0 saturated heterocycles. The van der Waals surface area contributed by atoms with E-state index in [-0.39, 0.29) is 12.3 Å². The van der Waals surface area contributed by atoms with Crippen LogP contribution in [0.4, 0.5) is 0 Å². The van der Waals surface area contributed by atoms with E-state index in [0.29, 0.717) is 12.2 Å². The summed E-state index contributed by atoms with van der Waals surface area (Å²) in [6, 6.07) is 11.9. The van der Waals surface area contributed by atoms with Gasteiger partial charge in [0, 0.05) is 32.4 Å². The smallest absolute Gasteiger partial charge is 0.328 e. The van der Waals surface area contributed by atoms with Gasteiger partial charge in [-0.3, -0.25) is 13.7 Å². The largest absolute Gasteiger partial charge is 0.394 e. The SMILES string of the molecule is Cn1cncc1-c1nc2cc(-c3cn(CCO)nn3)ccc2n1-c1ccc2c(c1)n(C)c(=O)n2C. The molecular weight excluding hydrogens is 446 g/mol. The van der Waals surface area contributed by atoms with Gasteiger partial charge >= 0.3 is 5.69 Å². The molecular formula is C24H23N9O2. The quantitative estimate of drug-likeness (QED) is 0.412. The van der Waals surface area contributed by atoms with E-state index >= 15 is 0 Å².